The number of halogens is 1. The van der Waals surface area contributed by atoms with Crippen LogP contribution in [0.25, 0.3) is 31.3 Å². The van der Waals surface area contributed by atoms with Gasteiger partial charge in [0.15, 0.2) is 6.61 Å². The van der Waals surface area contributed by atoms with Crippen LogP contribution in [0.15, 0.2) is 65.1 Å². The second-order valence-corrected chi connectivity index (χ2v) is 7.52. The lowest BCUT2D eigenvalue weighted by Crippen LogP contribution is -2.09. The van der Waals surface area contributed by atoms with E-state index in [1.54, 1.807) is 17.4 Å². The van der Waals surface area contributed by atoms with Gasteiger partial charge in [0.2, 0.25) is 0 Å². The van der Waals surface area contributed by atoms with Crippen LogP contribution < -0.4 is 4.74 Å². The van der Waals surface area contributed by atoms with E-state index in [0.29, 0.717) is 5.75 Å². The van der Waals surface area contributed by atoms with E-state index in [1.165, 1.54) is 20.5 Å². The van der Waals surface area contributed by atoms with E-state index in [1.807, 2.05) is 12.1 Å². The highest BCUT2D eigenvalue weighted by atomic mass is 79.9. The first-order valence-corrected chi connectivity index (χ1v) is 9.28. The SMILES string of the molecule is O=C(O)COc1ccc2cc(-c3cc4ccccc4s3)ccc2c1Br. The molecule has 1 aromatic heterocycles. The van der Waals surface area contributed by atoms with Gasteiger partial charge >= 0.3 is 5.97 Å². The molecule has 1 N–H and O–H groups in total. The molecule has 0 spiro atoms. The standard InChI is InChI=1S/C20H13BrO3S/c21-20-15-7-5-14(18-10-13-3-1-2-4-17(13)25-18)9-12(15)6-8-16(20)24-11-19(22)23/h1-10H,11H2,(H,22,23). The van der Waals surface area contributed by atoms with Crippen molar-refractivity contribution in [1.82, 2.24) is 0 Å². The maximum absolute atomic E-state index is 10.7. The molecule has 4 rings (SSSR count). The number of benzene rings is 3. The fourth-order valence-corrected chi connectivity index (χ4v) is 4.47. The number of hydrogen-bond acceptors (Lipinski definition) is 3. The molecule has 0 fully saturated rings. The Kier molecular flexibility index (Phi) is 4.19. The van der Waals surface area contributed by atoms with Gasteiger partial charge in [-0.05, 0) is 61.9 Å². The monoisotopic (exact) mass is 412 g/mol. The van der Waals surface area contributed by atoms with Crippen molar-refractivity contribution < 1.29 is 14.6 Å². The minimum absolute atomic E-state index is 0.357. The third-order valence-electron chi connectivity index (χ3n) is 3.98. The van der Waals surface area contributed by atoms with Crippen molar-refractivity contribution in [2.75, 3.05) is 6.61 Å². The summed E-state index contributed by atoms with van der Waals surface area (Å²) in [4.78, 5) is 11.9. The molecule has 25 heavy (non-hydrogen) atoms. The third kappa shape index (κ3) is 3.13. The summed E-state index contributed by atoms with van der Waals surface area (Å²) in [6, 6.07) is 20.6. The molecule has 0 radical (unpaired) electrons. The summed E-state index contributed by atoms with van der Waals surface area (Å²) in [7, 11) is 0. The van der Waals surface area contributed by atoms with Crippen LogP contribution in [0, 0.1) is 0 Å². The molecule has 0 aliphatic carbocycles. The summed E-state index contributed by atoms with van der Waals surface area (Å²) < 4.78 is 7.36. The van der Waals surface area contributed by atoms with Gasteiger partial charge in [0.1, 0.15) is 5.75 Å². The second kappa shape index (κ2) is 6.50. The predicted octanol–water partition coefficient (Wildman–Crippen LogP) is 5.95. The molecule has 0 bridgehead atoms. The van der Waals surface area contributed by atoms with E-state index < -0.39 is 5.97 Å². The largest absolute Gasteiger partial charge is 0.481 e. The van der Waals surface area contributed by atoms with Crippen LogP contribution in [-0.2, 0) is 4.79 Å². The number of rotatable bonds is 4. The summed E-state index contributed by atoms with van der Waals surface area (Å²) >= 11 is 5.30. The highest BCUT2D eigenvalue weighted by molar-refractivity contribution is 9.10. The molecule has 4 aromatic rings. The first kappa shape index (κ1) is 16.1. The molecule has 0 saturated heterocycles. The van der Waals surface area contributed by atoms with Crippen molar-refractivity contribution in [3.05, 3.63) is 65.1 Å². The Hall–Kier alpha value is -2.37. The number of aliphatic carboxylic acids is 1. The Morgan fingerprint density at radius 1 is 1.04 bits per heavy atom. The molecular weight excluding hydrogens is 400 g/mol. The number of ether oxygens (including phenoxy) is 1. The predicted molar refractivity (Wildman–Crippen MR) is 106 cm³/mol. The second-order valence-electron chi connectivity index (χ2n) is 5.64. The molecule has 0 amide bonds. The van der Waals surface area contributed by atoms with Crippen LogP contribution in [0.1, 0.15) is 0 Å². The van der Waals surface area contributed by atoms with E-state index in [4.69, 9.17) is 9.84 Å². The van der Waals surface area contributed by atoms with Gasteiger partial charge in [-0.2, -0.15) is 0 Å². The average Bonchev–Trinajstić information content (AvgIpc) is 3.05. The minimum atomic E-state index is -0.993. The van der Waals surface area contributed by atoms with E-state index in [9.17, 15) is 4.79 Å². The highest BCUT2D eigenvalue weighted by Crippen LogP contribution is 2.38. The molecule has 0 saturated carbocycles. The highest BCUT2D eigenvalue weighted by Gasteiger charge is 2.10. The zero-order valence-electron chi connectivity index (χ0n) is 13.0. The number of fused-ring (bicyclic) bond motifs is 2. The van der Waals surface area contributed by atoms with E-state index in [-0.39, 0.29) is 6.61 Å². The molecule has 0 aliphatic heterocycles. The van der Waals surface area contributed by atoms with E-state index >= 15 is 0 Å². The zero-order valence-corrected chi connectivity index (χ0v) is 15.4. The Labute approximate surface area is 156 Å². The maximum Gasteiger partial charge on any atom is 0.341 e. The van der Waals surface area contributed by atoms with Gasteiger partial charge in [-0.3, -0.25) is 0 Å². The molecule has 1 heterocycles. The molecule has 0 unspecified atom stereocenters. The zero-order chi connectivity index (χ0) is 17.4. The number of carboxylic acid groups (broad SMARTS) is 1. The number of carboxylic acids is 1. The normalized spacial score (nSPS) is 11.1. The molecule has 0 atom stereocenters. The molecule has 0 aliphatic rings. The van der Waals surface area contributed by atoms with Crippen LogP contribution in [0.2, 0.25) is 0 Å². The van der Waals surface area contributed by atoms with E-state index in [2.05, 4.69) is 58.4 Å². The Morgan fingerprint density at radius 3 is 2.68 bits per heavy atom. The van der Waals surface area contributed by atoms with Crippen molar-refractivity contribution in [1.29, 1.82) is 0 Å². The van der Waals surface area contributed by atoms with Crippen molar-refractivity contribution in [3.63, 3.8) is 0 Å². The summed E-state index contributed by atoms with van der Waals surface area (Å²) in [5.74, 6) is -0.461. The van der Waals surface area contributed by atoms with Crippen molar-refractivity contribution in [2.24, 2.45) is 0 Å². The van der Waals surface area contributed by atoms with Crippen molar-refractivity contribution in [3.8, 4) is 16.2 Å². The Morgan fingerprint density at radius 2 is 1.88 bits per heavy atom. The summed E-state index contributed by atoms with van der Waals surface area (Å²) in [5.41, 5.74) is 1.17. The van der Waals surface area contributed by atoms with E-state index in [0.717, 1.165) is 15.2 Å². The minimum Gasteiger partial charge on any atom is -0.481 e. The van der Waals surface area contributed by atoms with Crippen LogP contribution in [-0.4, -0.2) is 17.7 Å². The number of thiophene rings is 1. The van der Waals surface area contributed by atoms with Crippen LogP contribution in [0.4, 0.5) is 0 Å². The lowest BCUT2D eigenvalue weighted by Gasteiger charge is -2.09. The average molecular weight is 413 g/mol. The fraction of sp³-hybridized carbons (Fsp3) is 0.0500. The van der Waals surface area contributed by atoms with Gasteiger partial charge in [-0.15, -0.1) is 11.3 Å². The summed E-state index contributed by atoms with van der Waals surface area (Å²) in [5, 5.41) is 12.1. The lowest BCUT2D eigenvalue weighted by atomic mass is 10.1. The number of hydrogen-bond donors (Lipinski definition) is 1. The Bertz CT molecular complexity index is 1070. The third-order valence-corrected chi connectivity index (χ3v) is 5.96. The van der Waals surface area contributed by atoms with Gasteiger partial charge in [-0.1, -0.05) is 36.4 Å². The summed E-state index contributed by atoms with van der Waals surface area (Å²) in [6.07, 6.45) is 0. The molecule has 3 nitrogen and oxygen atoms in total. The van der Waals surface area contributed by atoms with Gasteiger partial charge in [-0.25, -0.2) is 4.79 Å². The Balaban J connectivity index is 1.75. The van der Waals surface area contributed by atoms with Crippen LogP contribution >= 0.6 is 27.3 Å². The molecule has 3 aromatic carbocycles. The van der Waals surface area contributed by atoms with Gasteiger partial charge in [0.25, 0.3) is 0 Å². The quantitative estimate of drug-likeness (QED) is 0.450. The smallest absolute Gasteiger partial charge is 0.341 e. The first-order chi connectivity index (χ1) is 12.1. The maximum atomic E-state index is 10.7. The van der Waals surface area contributed by atoms with Crippen LogP contribution in [0.5, 0.6) is 5.75 Å². The fourth-order valence-electron chi connectivity index (χ4n) is 2.80. The van der Waals surface area contributed by atoms with Gasteiger partial charge < -0.3 is 9.84 Å². The molecule has 5 heteroatoms. The first-order valence-electron chi connectivity index (χ1n) is 7.67. The van der Waals surface area contributed by atoms with Gasteiger partial charge in [0, 0.05) is 9.58 Å². The summed E-state index contributed by atoms with van der Waals surface area (Å²) in [6.45, 7) is -0.357. The van der Waals surface area contributed by atoms with Crippen molar-refractivity contribution in [2.45, 2.75) is 0 Å². The lowest BCUT2D eigenvalue weighted by molar-refractivity contribution is -0.139. The van der Waals surface area contributed by atoms with Gasteiger partial charge in [0.05, 0.1) is 4.47 Å². The van der Waals surface area contributed by atoms with Crippen molar-refractivity contribution >= 4 is 54.1 Å². The topological polar surface area (TPSA) is 46.5 Å². The molecule has 124 valence electrons. The van der Waals surface area contributed by atoms with Crippen LogP contribution in [0.3, 0.4) is 0 Å². The number of carbonyl (C=O) groups is 1. The molecular formula is C20H13BrO3S.